The van der Waals surface area contributed by atoms with Crippen molar-refractivity contribution in [1.29, 1.82) is 0 Å². The molecule has 3 aromatic heterocycles. The zero-order valence-electron chi connectivity index (χ0n) is 19.1. The van der Waals surface area contributed by atoms with Gasteiger partial charge in [0.25, 0.3) is 5.91 Å². The van der Waals surface area contributed by atoms with Crippen molar-refractivity contribution in [2.24, 2.45) is 0 Å². The number of amides is 1. The van der Waals surface area contributed by atoms with Crippen molar-refractivity contribution in [2.75, 3.05) is 24.3 Å². The average molecular weight is 479 g/mol. The van der Waals surface area contributed by atoms with Crippen LogP contribution in [0, 0.1) is 0 Å². The fraction of sp³-hybridized carbons (Fsp3) is 0.333. The van der Waals surface area contributed by atoms with Crippen molar-refractivity contribution in [3.63, 3.8) is 0 Å². The van der Waals surface area contributed by atoms with Crippen LogP contribution in [0.2, 0.25) is 0 Å². The third-order valence-electron chi connectivity index (χ3n) is 5.94. The molecule has 1 aliphatic carbocycles. The van der Waals surface area contributed by atoms with Crippen LogP contribution in [0.1, 0.15) is 53.5 Å². The second-order valence-electron chi connectivity index (χ2n) is 8.23. The lowest BCUT2D eigenvalue weighted by molar-refractivity contribution is 0.0520. The molecule has 0 unspecified atom stereocenters. The first-order chi connectivity index (χ1) is 16.6. The van der Waals surface area contributed by atoms with Crippen LogP contribution in [0.4, 0.5) is 17.2 Å². The summed E-state index contributed by atoms with van der Waals surface area (Å²) in [6.07, 6.45) is 7.93. The van der Waals surface area contributed by atoms with Crippen LogP contribution in [0.5, 0.6) is 0 Å². The fourth-order valence-corrected chi connectivity index (χ4v) is 5.33. The summed E-state index contributed by atoms with van der Waals surface area (Å²) in [5.74, 6) is 0.0710. The average Bonchev–Trinajstić information content (AvgIpc) is 3.55. The Morgan fingerprint density at radius 3 is 2.82 bits per heavy atom. The number of hydrogen-bond acceptors (Lipinski definition) is 8. The first-order valence-corrected chi connectivity index (χ1v) is 12.2. The molecule has 3 N–H and O–H groups in total. The highest BCUT2D eigenvalue weighted by molar-refractivity contribution is 7.23. The summed E-state index contributed by atoms with van der Waals surface area (Å²) in [7, 11) is 1.62. The second kappa shape index (κ2) is 9.30. The molecule has 4 aromatic rings. The quantitative estimate of drug-likeness (QED) is 0.334. The van der Waals surface area contributed by atoms with E-state index in [2.05, 4.69) is 25.9 Å². The zero-order chi connectivity index (χ0) is 23.7. The molecule has 0 spiro atoms. The number of rotatable bonds is 7. The molecule has 0 aliphatic heterocycles. The van der Waals surface area contributed by atoms with Gasteiger partial charge in [0.2, 0.25) is 0 Å². The smallest absolute Gasteiger partial charge is 0.358 e. The molecule has 1 aromatic carbocycles. The van der Waals surface area contributed by atoms with E-state index in [1.54, 1.807) is 26.4 Å². The second-order valence-corrected chi connectivity index (χ2v) is 9.24. The van der Waals surface area contributed by atoms with Gasteiger partial charge in [0.15, 0.2) is 10.7 Å². The molecule has 9 nitrogen and oxygen atoms in total. The summed E-state index contributed by atoms with van der Waals surface area (Å²) in [5, 5.41) is 9.57. The van der Waals surface area contributed by atoms with Gasteiger partial charge >= 0.3 is 5.97 Å². The van der Waals surface area contributed by atoms with Crippen LogP contribution < -0.4 is 16.0 Å². The van der Waals surface area contributed by atoms with Gasteiger partial charge in [-0.1, -0.05) is 24.2 Å². The van der Waals surface area contributed by atoms with Crippen LogP contribution in [0.15, 0.2) is 36.7 Å². The number of esters is 1. The molecule has 0 radical (unpaired) electrons. The molecule has 34 heavy (non-hydrogen) atoms. The van der Waals surface area contributed by atoms with Crippen LogP contribution in [-0.2, 0) is 4.74 Å². The van der Waals surface area contributed by atoms with E-state index in [-0.39, 0.29) is 5.91 Å². The summed E-state index contributed by atoms with van der Waals surface area (Å²) in [6.45, 7) is 2.09. The third-order valence-corrected chi connectivity index (χ3v) is 6.96. The summed E-state index contributed by atoms with van der Waals surface area (Å²) in [5.41, 5.74) is 3.45. The summed E-state index contributed by atoms with van der Waals surface area (Å²) in [6, 6.07) is 8.22. The fourth-order valence-electron chi connectivity index (χ4n) is 4.28. The Balaban J connectivity index is 1.41. The maximum absolute atomic E-state index is 12.3. The van der Waals surface area contributed by atoms with Crippen molar-refractivity contribution < 1.29 is 14.3 Å². The molecule has 10 heteroatoms. The molecule has 1 fully saturated rings. The Kier molecular flexibility index (Phi) is 6.06. The number of thiazole rings is 1. The van der Waals surface area contributed by atoms with Crippen molar-refractivity contribution in [2.45, 2.75) is 38.6 Å². The zero-order valence-corrected chi connectivity index (χ0v) is 19.9. The Bertz CT molecular complexity index is 1370. The van der Waals surface area contributed by atoms with Gasteiger partial charge in [-0.25, -0.2) is 14.8 Å². The number of fused-ring (bicyclic) bond motifs is 3. The van der Waals surface area contributed by atoms with Gasteiger partial charge in [0.1, 0.15) is 5.82 Å². The first kappa shape index (κ1) is 22.1. The first-order valence-electron chi connectivity index (χ1n) is 11.4. The molecule has 3 heterocycles. The number of anilines is 3. The van der Waals surface area contributed by atoms with E-state index >= 15 is 0 Å². The van der Waals surface area contributed by atoms with Gasteiger partial charge in [-0.05, 0) is 38.0 Å². The number of nitrogens with one attached hydrogen (secondary N) is 3. The number of aromatic nitrogens is 3. The summed E-state index contributed by atoms with van der Waals surface area (Å²) < 4.78 is 7.97. The van der Waals surface area contributed by atoms with E-state index in [4.69, 9.17) is 4.74 Å². The molecule has 1 aliphatic rings. The molecule has 0 saturated heterocycles. The normalized spacial score (nSPS) is 13.9. The van der Waals surface area contributed by atoms with Gasteiger partial charge in [-0.3, -0.25) is 9.20 Å². The molecular formula is C24H26N6O3S. The number of benzene rings is 1. The van der Waals surface area contributed by atoms with Crippen molar-refractivity contribution in [1.82, 2.24) is 19.7 Å². The van der Waals surface area contributed by atoms with E-state index in [1.165, 1.54) is 24.2 Å². The Morgan fingerprint density at radius 1 is 1.24 bits per heavy atom. The largest absolute Gasteiger partial charge is 0.461 e. The van der Waals surface area contributed by atoms with Gasteiger partial charge in [0, 0.05) is 37.2 Å². The molecule has 1 saturated carbocycles. The standard InChI is InChI=1S/C24H26N6O3S/c1-3-33-23(32)18-13-30-19-9-8-15(10-20(19)34-24(30)29-18)28-21-11-17(27-14-6-4-5-7-14)16(12-26-21)22(31)25-2/h8-14H,3-7H2,1-2H3,(H,25,31)(H2,26,27,28). The van der Waals surface area contributed by atoms with Crippen LogP contribution >= 0.6 is 11.3 Å². The number of carbonyl (C=O) groups is 2. The lowest BCUT2D eigenvalue weighted by Gasteiger charge is -2.17. The summed E-state index contributed by atoms with van der Waals surface area (Å²) >= 11 is 1.49. The predicted molar refractivity (Wildman–Crippen MR) is 133 cm³/mol. The van der Waals surface area contributed by atoms with Gasteiger partial charge in [0.05, 0.1) is 28.1 Å². The van der Waals surface area contributed by atoms with Crippen LogP contribution in [-0.4, -0.2) is 45.9 Å². The van der Waals surface area contributed by atoms with Gasteiger partial charge < -0.3 is 20.7 Å². The minimum absolute atomic E-state index is 0.162. The minimum atomic E-state index is -0.418. The minimum Gasteiger partial charge on any atom is -0.461 e. The van der Waals surface area contributed by atoms with Crippen molar-refractivity contribution >= 4 is 55.6 Å². The lowest BCUT2D eigenvalue weighted by atomic mass is 10.1. The maximum Gasteiger partial charge on any atom is 0.358 e. The lowest BCUT2D eigenvalue weighted by Crippen LogP contribution is -2.23. The van der Waals surface area contributed by atoms with Crippen LogP contribution in [0.3, 0.4) is 0 Å². The van der Waals surface area contributed by atoms with Gasteiger partial charge in [-0.2, -0.15) is 0 Å². The van der Waals surface area contributed by atoms with Gasteiger partial charge in [-0.15, -0.1) is 0 Å². The van der Waals surface area contributed by atoms with E-state index in [0.717, 1.165) is 39.4 Å². The molecule has 176 valence electrons. The van der Waals surface area contributed by atoms with Crippen molar-refractivity contribution in [3.05, 3.63) is 47.9 Å². The number of imidazole rings is 1. The maximum atomic E-state index is 12.3. The Labute approximate surface area is 200 Å². The molecular weight excluding hydrogens is 452 g/mol. The van der Waals surface area contributed by atoms with Crippen LogP contribution in [0.25, 0.3) is 15.2 Å². The number of ether oxygens (including phenoxy) is 1. The van der Waals surface area contributed by atoms with E-state index in [9.17, 15) is 9.59 Å². The van der Waals surface area contributed by atoms with E-state index in [1.807, 2.05) is 28.7 Å². The Morgan fingerprint density at radius 2 is 2.06 bits per heavy atom. The number of pyridine rings is 1. The molecule has 5 rings (SSSR count). The Hall–Kier alpha value is -3.66. The highest BCUT2D eigenvalue weighted by atomic mass is 32.1. The highest BCUT2D eigenvalue weighted by Crippen LogP contribution is 2.31. The summed E-state index contributed by atoms with van der Waals surface area (Å²) in [4.78, 5) is 33.9. The van der Waals surface area contributed by atoms with Crippen molar-refractivity contribution in [3.8, 4) is 0 Å². The molecule has 0 atom stereocenters. The number of carbonyl (C=O) groups excluding carboxylic acids is 2. The third kappa shape index (κ3) is 4.28. The monoisotopic (exact) mass is 478 g/mol. The topological polar surface area (TPSA) is 110 Å². The highest BCUT2D eigenvalue weighted by Gasteiger charge is 2.19. The molecule has 1 amide bonds. The van der Waals surface area contributed by atoms with E-state index in [0.29, 0.717) is 29.7 Å². The van der Waals surface area contributed by atoms with E-state index < -0.39 is 5.97 Å². The number of hydrogen-bond donors (Lipinski definition) is 3. The predicted octanol–water partition coefficient (Wildman–Crippen LogP) is 4.58. The number of nitrogens with zero attached hydrogens (tertiary/aromatic N) is 3. The molecule has 0 bridgehead atoms. The SMILES string of the molecule is CCOC(=O)c1cn2c(n1)sc1cc(Nc3cc(NC4CCCC4)c(C(=O)NC)cn3)ccc12.